The van der Waals surface area contributed by atoms with E-state index in [-0.39, 0.29) is 5.25 Å². The van der Waals surface area contributed by atoms with Gasteiger partial charge >= 0.3 is 0 Å². The monoisotopic (exact) mass is 206 g/mol. The predicted octanol–water partition coefficient (Wildman–Crippen LogP) is 0.197. The molecule has 0 unspecified atom stereocenters. The minimum absolute atomic E-state index is 0.148. The lowest BCUT2D eigenvalue weighted by Gasteiger charge is -2.11. The molecule has 0 saturated heterocycles. The summed E-state index contributed by atoms with van der Waals surface area (Å²) in [4.78, 5) is 0. The molecule has 0 amide bonds. The quantitative estimate of drug-likeness (QED) is 0.631. The van der Waals surface area contributed by atoms with E-state index in [2.05, 4.69) is 4.72 Å². The van der Waals surface area contributed by atoms with Crippen LogP contribution in [0, 0.1) is 0 Å². The third-order valence-corrected chi connectivity index (χ3v) is 4.38. The van der Waals surface area contributed by atoms with Crippen LogP contribution in [0.25, 0.3) is 0 Å². The Bertz CT molecular complexity index is 233. The van der Waals surface area contributed by atoms with Crippen LogP contribution >= 0.6 is 0 Å². The van der Waals surface area contributed by atoms with Gasteiger partial charge in [0.2, 0.25) is 10.0 Å². The minimum atomic E-state index is -3.04. The van der Waals surface area contributed by atoms with Crippen LogP contribution in [0.4, 0.5) is 0 Å². The lowest BCUT2D eigenvalue weighted by atomic mass is 10.4. The topological polar surface area (TPSA) is 72.2 Å². The summed E-state index contributed by atoms with van der Waals surface area (Å²) >= 11 is 0. The first kappa shape index (κ1) is 10.9. The molecule has 4 nitrogen and oxygen atoms in total. The molecule has 0 aliphatic heterocycles. The molecule has 78 valence electrons. The van der Waals surface area contributed by atoms with E-state index in [1.165, 1.54) is 0 Å². The number of rotatable bonds is 5. The van der Waals surface area contributed by atoms with E-state index in [9.17, 15) is 8.42 Å². The Kier molecular flexibility index (Phi) is 4.15. The molecule has 0 aromatic heterocycles. The van der Waals surface area contributed by atoms with Crippen LogP contribution in [0.1, 0.15) is 32.1 Å². The largest absolute Gasteiger partial charge is 0.330 e. The molecule has 0 atom stereocenters. The van der Waals surface area contributed by atoms with Gasteiger partial charge in [0, 0.05) is 6.54 Å². The molecule has 13 heavy (non-hydrogen) atoms. The summed E-state index contributed by atoms with van der Waals surface area (Å²) in [6.45, 7) is 1.02. The highest BCUT2D eigenvalue weighted by Crippen LogP contribution is 2.23. The Hall–Kier alpha value is -0.130. The van der Waals surface area contributed by atoms with Gasteiger partial charge in [0.05, 0.1) is 5.25 Å². The molecule has 0 aromatic carbocycles. The average Bonchev–Trinajstić information content (AvgIpc) is 2.56. The van der Waals surface area contributed by atoms with Crippen LogP contribution in [0.3, 0.4) is 0 Å². The fourth-order valence-corrected chi connectivity index (χ4v) is 3.25. The zero-order valence-corrected chi connectivity index (χ0v) is 8.65. The van der Waals surface area contributed by atoms with Crippen molar-refractivity contribution in [2.75, 3.05) is 13.1 Å². The minimum Gasteiger partial charge on any atom is -0.330 e. The van der Waals surface area contributed by atoms with Gasteiger partial charge in [0.1, 0.15) is 0 Å². The number of hydrogen-bond donors (Lipinski definition) is 2. The number of hydrogen-bond acceptors (Lipinski definition) is 3. The Morgan fingerprint density at radius 1 is 1.31 bits per heavy atom. The number of sulfonamides is 1. The molecule has 0 spiro atoms. The molecule has 0 heterocycles. The van der Waals surface area contributed by atoms with E-state index < -0.39 is 10.0 Å². The van der Waals surface area contributed by atoms with Gasteiger partial charge in [0.15, 0.2) is 0 Å². The zero-order chi connectivity index (χ0) is 9.73. The van der Waals surface area contributed by atoms with Gasteiger partial charge in [-0.15, -0.1) is 0 Å². The van der Waals surface area contributed by atoms with E-state index in [4.69, 9.17) is 5.73 Å². The highest BCUT2D eigenvalue weighted by molar-refractivity contribution is 7.90. The SMILES string of the molecule is NCCCNS(=O)(=O)C1CCCC1. The molecule has 0 bridgehead atoms. The van der Waals surface area contributed by atoms with Crippen LogP contribution in [0.2, 0.25) is 0 Å². The summed E-state index contributed by atoms with van der Waals surface area (Å²) in [5.41, 5.74) is 5.28. The summed E-state index contributed by atoms with van der Waals surface area (Å²) < 4.78 is 25.7. The second-order valence-electron chi connectivity index (χ2n) is 3.49. The Morgan fingerprint density at radius 3 is 2.46 bits per heavy atom. The van der Waals surface area contributed by atoms with Crippen molar-refractivity contribution in [3.8, 4) is 0 Å². The lowest BCUT2D eigenvalue weighted by molar-refractivity contribution is 0.563. The van der Waals surface area contributed by atoms with Crippen molar-refractivity contribution in [2.45, 2.75) is 37.4 Å². The smallest absolute Gasteiger partial charge is 0.214 e. The van der Waals surface area contributed by atoms with E-state index in [1.54, 1.807) is 0 Å². The van der Waals surface area contributed by atoms with Crippen molar-refractivity contribution in [3.05, 3.63) is 0 Å². The van der Waals surface area contributed by atoms with E-state index in [1.807, 2.05) is 0 Å². The van der Waals surface area contributed by atoms with E-state index in [0.717, 1.165) is 25.7 Å². The van der Waals surface area contributed by atoms with E-state index in [0.29, 0.717) is 19.5 Å². The first-order valence-corrected chi connectivity index (χ1v) is 6.40. The maximum Gasteiger partial charge on any atom is 0.214 e. The van der Waals surface area contributed by atoms with Gasteiger partial charge < -0.3 is 5.73 Å². The fraction of sp³-hybridized carbons (Fsp3) is 1.00. The summed E-state index contributed by atoms with van der Waals surface area (Å²) in [5.74, 6) is 0. The van der Waals surface area contributed by atoms with Gasteiger partial charge in [-0.3, -0.25) is 0 Å². The zero-order valence-electron chi connectivity index (χ0n) is 7.83. The lowest BCUT2D eigenvalue weighted by Crippen LogP contribution is -2.33. The summed E-state index contributed by atoms with van der Waals surface area (Å²) in [6.07, 6.45) is 4.44. The van der Waals surface area contributed by atoms with Gasteiger partial charge in [-0.05, 0) is 25.8 Å². The van der Waals surface area contributed by atoms with Crippen molar-refractivity contribution in [1.82, 2.24) is 4.72 Å². The standard InChI is InChI=1S/C8H18N2O2S/c9-6-3-7-10-13(11,12)8-4-1-2-5-8/h8,10H,1-7,9H2. The first-order chi connectivity index (χ1) is 6.17. The van der Waals surface area contributed by atoms with Crippen molar-refractivity contribution < 1.29 is 8.42 Å². The molecule has 3 N–H and O–H groups in total. The molecule has 1 aliphatic carbocycles. The summed E-state index contributed by atoms with van der Waals surface area (Å²) in [6, 6.07) is 0. The van der Waals surface area contributed by atoms with Gasteiger partial charge in [-0.25, -0.2) is 13.1 Å². The number of nitrogens with two attached hydrogens (primary N) is 1. The molecule has 5 heteroatoms. The predicted molar refractivity (Wildman–Crippen MR) is 52.8 cm³/mol. The molecular weight excluding hydrogens is 188 g/mol. The van der Waals surface area contributed by atoms with Crippen LogP contribution in [-0.4, -0.2) is 26.8 Å². The van der Waals surface area contributed by atoms with Crippen molar-refractivity contribution >= 4 is 10.0 Å². The fourth-order valence-electron chi connectivity index (χ4n) is 1.63. The molecule has 0 radical (unpaired) electrons. The second-order valence-corrected chi connectivity index (χ2v) is 5.53. The summed E-state index contributed by atoms with van der Waals surface area (Å²) in [7, 11) is -3.04. The van der Waals surface area contributed by atoms with Crippen LogP contribution in [0.5, 0.6) is 0 Å². The second kappa shape index (κ2) is 4.93. The highest BCUT2D eigenvalue weighted by Gasteiger charge is 2.27. The van der Waals surface area contributed by atoms with Crippen molar-refractivity contribution in [2.24, 2.45) is 5.73 Å². The van der Waals surface area contributed by atoms with E-state index >= 15 is 0 Å². The third kappa shape index (κ3) is 3.25. The van der Waals surface area contributed by atoms with Crippen LogP contribution in [-0.2, 0) is 10.0 Å². The molecule has 1 fully saturated rings. The Balaban J connectivity index is 2.36. The van der Waals surface area contributed by atoms with Gasteiger partial charge in [-0.1, -0.05) is 12.8 Å². The highest BCUT2D eigenvalue weighted by atomic mass is 32.2. The molecule has 1 rings (SSSR count). The third-order valence-electron chi connectivity index (χ3n) is 2.43. The van der Waals surface area contributed by atoms with Gasteiger partial charge in [-0.2, -0.15) is 0 Å². The maximum atomic E-state index is 11.6. The first-order valence-electron chi connectivity index (χ1n) is 4.85. The average molecular weight is 206 g/mol. The molecular formula is C8H18N2O2S. The van der Waals surface area contributed by atoms with Crippen molar-refractivity contribution in [3.63, 3.8) is 0 Å². The Morgan fingerprint density at radius 2 is 1.92 bits per heavy atom. The molecule has 0 aromatic rings. The molecule has 1 saturated carbocycles. The maximum absolute atomic E-state index is 11.6. The van der Waals surface area contributed by atoms with Crippen LogP contribution < -0.4 is 10.5 Å². The normalized spacial score (nSPS) is 19.5. The summed E-state index contributed by atoms with van der Waals surface area (Å²) in [5, 5.41) is -0.148. The number of nitrogens with one attached hydrogen (secondary N) is 1. The van der Waals surface area contributed by atoms with Gasteiger partial charge in [0.25, 0.3) is 0 Å². The molecule has 1 aliphatic rings. The van der Waals surface area contributed by atoms with Crippen LogP contribution in [0.15, 0.2) is 0 Å². The Labute approximate surface area is 79.9 Å². The van der Waals surface area contributed by atoms with Crippen molar-refractivity contribution in [1.29, 1.82) is 0 Å².